The molecule has 3 aromatic heterocycles. The number of aromatic nitrogens is 5. The van der Waals surface area contributed by atoms with Crippen molar-refractivity contribution in [3.8, 4) is 11.5 Å². The second-order valence-electron chi connectivity index (χ2n) is 6.45. The van der Waals surface area contributed by atoms with E-state index in [1.165, 1.54) is 24.1 Å². The van der Waals surface area contributed by atoms with Crippen LogP contribution < -0.4 is 5.32 Å². The molecule has 3 rings (SSSR count). The molecular formula is C17H19N7O6. The predicted octanol–water partition coefficient (Wildman–Crippen LogP) is 1.48. The fourth-order valence-electron chi connectivity index (χ4n) is 2.73. The summed E-state index contributed by atoms with van der Waals surface area (Å²) < 4.78 is 8.05. The van der Waals surface area contributed by atoms with E-state index in [4.69, 9.17) is 9.52 Å². The summed E-state index contributed by atoms with van der Waals surface area (Å²) in [6.07, 6.45) is 7.77. The van der Waals surface area contributed by atoms with Gasteiger partial charge in [-0.2, -0.15) is 10.2 Å². The van der Waals surface area contributed by atoms with Gasteiger partial charge in [0.25, 0.3) is 5.91 Å². The maximum Gasteiger partial charge on any atom is 0.357 e. The number of aromatic carboxylic acids is 1. The number of hydrogen-bond acceptors (Lipinski definition) is 8. The number of aryl methyl sites for hydroxylation is 2. The van der Waals surface area contributed by atoms with Gasteiger partial charge < -0.3 is 14.8 Å². The number of hydrogen-bond donors (Lipinski definition) is 2. The van der Waals surface area contributed by atoms with Crippen LogP contribution in [0.3, 0.4) is 0 Å². The number of nitro groups is 1. The van der Waals surface area contributed by atoms with Crippen molar-refractivity contribution >= 4 is 17.6 Å². The van der Waals surface area contributed by atoms with Gasteiger partial charge in [0, 0.05) is 26.3 Å². The van der Waals surface area contributed by atoms with Crippen molar-refractivity contribution in [2.45, 2.75) is 25.8 Å². The van der Waals surface area contributed by atoms with Gasteiger partial charge >= 0.3 is 11.7 Å². The fraction of sp³-hybridized carbons (Fsp3) is 0.353. The highest BCUT2D eigenvalue weighted by Gasteiger charge is 2.24. The Labute approximate surface area is 169 Å². The summed E-state index contributed by atoms with van der Waals surface area (Å²) in [4.78, 5) is 37.1. The Bertz CT molecular complexity index is 1070. The van der Waals surface area contributed by atoms with Gasteiger partial charge in [0.2, 0.25) is 11.6 Å². The van der Waals surface area contributed by atoms with Crippen molar-refractivity contribution in [3.63, 3.8) is 0 Å². The zero-order valence-electron chi connectivity index (χ0n) is 16.0. The van der Waals surface area contributed by atoms with Gasteiger partial charge in [-0.1, -0.05) is 0 Å². The minimum Gasteiger partial charge on any atom is -0.476 e. The molecule has 2 N–H and O–H groups in total. The van der Waals surface area contributed by atoms with Crippen LogP contribution in [0.4, 0.5) is 5.69 Å². The number of unbranched alkanes of at least 4 members (excludes halogenated alkanes) is 2. The van der Waals surface area contributed by atoms with Crippen LogP contribution in [0.2, 0.25) is 0 Å². The van der Waals surface area contributed by atoms with Crippen LogP contribution in [0.15, 0.2) is 29.3 Å². The van der Waals surface area contributed by atoms with E-state index in [1.54, 1.807) is 10.9 Å². The molecule has 3 heterocycles. The van der Waals surface area contributed by atoms with Gasteiger partial charge in [-0.25, -0.2) is 9.78 Å². The van der Waals surface area contributed by atoms with Crippen molar-refractivity contribution < 1.29 is 24.0 Å². The summed E-state index contributed by atoms with van der Waals surface area (Å²) in [6.45, 7) is 0.983. The van der Waals surface area contributed by atoms with E-state index in [2.05, 4.69) is 20.5 Å². The van der Waals surface area contributed by atoms with Gasteiger partial charge in [0.1, 0.15) is 12.5 Å². The molecule has 0 aliphatic rings. The lowest BCUT2D eigenvalue weighted by Crippen LogP contribution is -2.25. The minimum absolute atomic E-state index is 0.171. The van der Waals surface area contributed by atoms with Crippen LogP contribution in [0.1, 0.15) is 40.2 Å². The molecule has 30 heavy (non-hydrogen) atoms. The number of rotatable bonds is 10. The summed E-state index contributed by atoms with van der Waals surface area (Å²) in [6, 6.07) is 0. The minimum atomic E-state index is -1.16. The number of nitrogens with zero attached hydrogens (tertiary/aromatic N) is 6. The Balaban J connectivity index is 1.40. The Kier molecular flexibility index (Phi) is 6.20. The molecule has 0 aliphatic heterocycles. The largest absolute Gasteiger partial charge is 0.476 e. The molecular weight excluding hydrogens is 398 g/mol. The van der Waals surface area contributed by atoms with E-state index in [-0.39, 0.29) is 23.0 Å². The highest BCUT2D eigenvalue weighted by molar-refractivity contribution is 5.96. The van der Waals surface area contributed by atoms with Crippen LogP contribution in [0.5, 0.6) is 0 Å². The zero-order valence-corrected chi connectivity index (χ0v) is 16.0. The molecule has 13 nitrogen and oxygen atoms in total. The van der Waals surface area contributed by atoms with E-state index in [0.717, 1.165) is 19.1 Å². The zero-order chi connectivity index (χ0) is 21.7. The van der Waals surface area contributed by atoms with E-state index >= 15 is 0 Å². The predicted molar refractivity (Wildman–Crippen MR) is 101 cm³/mol. The van der Waals surface area contributed by atoms with E-state index in [0.29, 0.717) is 25.1 Å². The molecule has 0 fully saturated rings. The van der Waals surface area contributed by atoms with Crippen LogP contribution in [0.25, 0.3) is 11.5 Å². The summed E-state index contributed by atoms with van der Waals surface area (Å²) >= 11 is 0. The second-order valence-corrected chi connectivity index (χ2v) is 6.45. The van der Waals surface area contributed by atoms with Crippen molar-refractivity contribution in [1.29, 1.82) is 0 Å². The van der Waals surface area contributed by atoms with Crippen molar-refractivity contribution in [2.24, 2.45) is 7.05 Å². The number of amides is 1. The lowest BCUT2D eigenvalue weighted by atomic mass is 10.2. The molecule has 0 saturated carbocycles. The first-order valence-electron chi connectivity index (χ1n) is 9.03. The molecule has 1 amide bonds. The smallest absolute Gasteiger partial charge is 0.357 e. The molecule has 0 atom stereocenters. The van der Waals surface area contributed by atoms with Gasteiger partial charge in [0.05, 0.1) is 16.7 Å². The highest BCUT2D eigenvalue weighted by Crippen LogP contribution is 2.18. The first-order valence-corrected chi connectivity index (χ1v) is 9.03. The Morgan fingerprint density at radius 1 is 1.30 bits per heavy atom. The number of oxazole rings is 1. The van der Waals surface area contributed by atoms with Gasteiger partial charge in [-0.3, -0.25) is 24.3 Å². The van der Waals surface area contributed by atoms with E-state index in [1.807, 2.05) is 0 Å². The summed E-state index contributed by atoms with van der Waals surface area (Å²) in [7, 11) is 1.51. The fourth-order valence-corrected chi connectivity index (χ4v) is 2.73. The lowest BCUT2D eigenvalue weighted by Gasteiger charge is -2.04. The highest BCUT2D eigenvalue weighted by atomic mass is 16.6. The van der Waals surface area contributed by atoms with E-state index in [9.17, 15) is 19.7 Å². The first-order chi connectivity index (χ1) is 14.3. The average Bonchev–Trinajstić information content (AvgIpc) is 3.42. The normalized spacial score (nSPS) is 10.8. The number of carboxylic acids is 1. The first kappa shape index (κ1) is 20.7. The standard InChI is InChI=1S/C17H19N7O6/c1-22-9-13(24(28)29)14(21-22)15(25)18-5-3-2-4-6-23-8-11(7-19-23)16-20-12(10-30-16)17(26)27/h7-10H,2-6H2,1H3,(H,18,25)(H,26,27). The van der Waals surface area contributed by atoms with E-state index < -0.39 is 16.8 Å². The Morgan fingerprint density at radius 2 is 2.10 bits per heavy atom. The van der Waals surface area contributed by atoms with Crippen LogP contribution >= 0.6 is 0 Å². The molecule has 0 aromatic carbocycles. The monoisotopic (exact) mass is 417 g/mol. The third kappa shape index (κ3) is 4.87. The second kappa shape index (κ2) is 8.98. The van der Waals surface area contributed by atoms with Gasteiger partial charge in [-0.05, 0) is 19.3 Å². The molecule has 0 aliphatic carbocycles. The van der Waals surface area contributed by atoms with Crippen LogP contribution in [0, 0.1) is 10.1 Å². The van der Waals surface area contributed by atoms with Gasteiger partial charge in [0.15, 0.2) is 5.69 Å². The van der Waals surface area contributed by atoms with Crippen molar-refractivity contribution in [3.05, 3.63) is 46.4 Å². The number of carbonyl (C=O) groups excluding carboxylic acids is 1. The molecule has 0 radical (unpaired) electrons. The molecule has 0 saturated heterocycles. The maximum atomic E-state index is 12.1. The Morgan fingerprint density at radius 3 is 2.80 bits per heavy atom. The Hall–Kier alpha value is -4.03. The SMILES string of the molecule is Cn1cc([N+](=O)[O-])c(C(=O)NCCCCCn2cc(-c3nc(C(=O)O)co3)cn2)n1. The summed E-state index contributed by atoms with van der Waals surface area (Å²) in [5.41, 5.74) is -0.127. The molecule has 0 spiro atoms. The average molecular weight is 417 g/mol. The summed E-state index contributed by atoms with van der Waals surface area (Å²) in [5, 5.41) is 30.5. The van der Waals surface area contributed by atoms with Gasteiger partial charge in [-0.15, -0.1) is 0 Å². The third-order valence-corrected chi connectivity index (χ3v) is 4.17. The number of carboxylic acid groups (broad SMARTS) is 1. The quantitative estimate of drug-likeness (QED) is 0.281. The third-order valence-electron chi connectivity index (χ3n) is 4.17. The van der Waals surface area contributed by atoms with Crippen LogP contribution in [-0.2, 0) is 13.6 Å². The summed E-state index contributed by atoms with van der Waals surface area (Å²) in [5.74, 6) is -1.56. The molecule has 158 valence electrons. The molecule has 0 unspecified atom stereocenters. The number of carbonyl (C=O) groups is 2. The molecule has 0 bridgehead atoms. The number of nitrogens with one attached hydrogen (secondary N) is 1. The maximum absolute atomic E-state index is 12.1. The van der Waals surface area contributed by atoms with Crippen molar-refractivity contribution in [1.82, 2.24) is 29.9 Å². The van der Waals surface area contributed by atoms with Crippen molar-refractivity contribution in [2.75, 3.05) is 6.54 Å². The molecule has 13 heteroatoms. The van der Waals surface area contributed by atoms with Crippen LogP contribution in [-0.4, -0.2) is 53.0 Å². The lowest BCUT2D eigenvalue weighted by molar-refractivity contribution is -0.385. The topological polar surface area (TPSA) is 171 Å². The molecule has 3 aromatic rings.